The highest BCUT2D eigenvalue weighted by Crippen LogP contribution is 2.24. The predicted molar refractivity (Wildman–Crippen MR) is 110 cm³/mol. The molecule has 0 N–H and O–H groups in total. The van der Waals surface area contributed by atoms with E-state index in [1.807, 2.05) is 18.2 Å². The van der Waals surface area contributed by atoms with E-state index in [0.29, 0.717) is 5.75 Å². The van der Waals surface area contributed by atoms with Crippen LogP contribution in [-0.2, 0) is 17.1 Å². The number of fused-ring (bicyclic) bond motifs is 1. The van der Waals surface area contributed by atoms with Crippen molar-refractivity contribution >= 4 is 51.0 Å². The molecule has 130 valence electrons. The Morgan fingerprint density at radius 2 is 2.00 bits per heavy atom. The Hall–Kier alpha value is -1.50. The van der Waals surface area contributed by atoms with Crippen LogP contribution in [-0.4, -0.2) is 22.5 Å². The number of aromatic nitrogens is 1. The average molecular weight is 389 g/mol. The van der Waals surface area contributed by atoms with Crippen molar-refractivity contribution in [2.45, 2.75) is 24.1 Å². The molecule has 0 spiro atoms. The van der Waals surface area contributed by atoms with Crippen LogP contribution in [0.2, 0.25) is 0 Å². The number of thioether (sulfide) groups is 2. The van der Waals surface area contributed by atoms with Crippen molar-refractivity contribution in [3.63, 3.8) is 0 Å². The van der Waals surface area contributed by atoms with E-state index in [9.17, 15) is 4.79 Å². The van der Waals surface area contributed by atoms with Crippen LogP contribution in [0, 0.1) is 0 Å². The molecular weight excluding hydrogens is 368 g/mol. The van der Waals surface area contributed by atoms with E-state index in [1.165, 1.54) is 15.2 Å². The van der Waals surface area contributed by atoms with E-state index in [1.54, 1.807) is 34.9 Å². The van der Waals surface area contributed by atoms with Crippen LogP contribution in [0.1, 0.15) is 12.5 Å². The average Bonchev–Trinajstić information content (AvgIpc) is 2.98. The zero-order chi connectivity index (χ0) is 17.6. The first-order valence-electron chi connectivity index (χ1n) is 8.08. The summed E-state index contributed by atoms with van der Waals surface area (Å²) in [5, 5.41) is 0. The molecule has 0 aliphatic rings. The van der Waals surface area contributed by atoms with Crippen LogP contribution in [0.25, 0.3) is 10.2 Å². The monoisotopic (exact) mass is 388 g/mol. The number of thiazole rings is 1. The van der Waals surface area contributed by atoms with Gasteiger partial charge < -0.3 is 4.57 Å². The molecule has 2 aromatic carbocycles. The Balaban J connectivity index is 1.76. The zero-order valence-electron chi connectivity index (χ0n) is 14.3. The smallest absolute Gasteiger partial charge is 0.258 e. The highest BCUT2D eigenvalue weighted by atomic mass is 32.2. The van der Waals surface area contributed by atoms with E-state index in [2.05, 4.69) is 53.1 Å². The van der Waals surface area contributed by atoms with Crippen molar-refractivity contribution in [1.82, 2.24) is 4.57 Å². The van der Waals surface area contributed by atoms with Crippen LogP contribution in [0.5, 0.6) is 0 Å². The lowest BCUT2D eigenvalue weighted by molar-refractivity contribution is -0.115. The van der Waals surface area contributed by atoms with Gasteiger partial charge in [-0.05, 0) is 36.9 Å². The third-order valence-corrected chi connectivity index (χ3v) is 6.52. The Morgan fingerprint density at radius 3 is 2.72 bits per heavy atom. The van der Waals surface area contributed by atoms with Crippen LogP contribution in [0.4, 0.5) is 0 Å². The highest BCUT2D eigenvalue weighted by Gasteiger charge is 2.08. The third-order valence-electron chi connectivity index (χ3n) is 3.76. The predicted octanol–water partition coefficient (Wildman–Crippen LogP) is 4.81. The molecule has 3 aromatic rings. The Bertz CT molecular complexity index is 929. The zero-order valence-corrected chi connectivity index (χ0v) is 16.7. The van der Waals surface area contributed by atoms with Gasteiger partial charge in [-0.25, -0.2) is 0 Å². The Labute approximate surface area is 160 Å². The van der Waals surface area contributed by atoms with Crippen molar-refractivity contribution in [1.29, 1.82) is 0 Å². The standard InChI is InChI=1S/C19H20N2OS3/c1-3-21-16-10-9-15(23-2)11-17(16)25-19(21)20-18(22)13-24-12-14-7-5-4-6-8-14/h4-11H,3,12-13H2,1-2H3. The summed E-state index contributed by atoms with van der Waals surface area (Å²) in [7, 11) is 0. The molecule has 1 aromatic heterocycles. The van der Waals surface area contributed by atoms with E-state index in [4.69, 9.17) is 0 Å². The van der Waals surface area contributed by atoms with Gasteiger partial charge in [0.1, 0.15) is 0 Å². The largest absolute Gasteiger partial charge is 0.317 e. The van der Waals surface area contributed by atoms with E-state index < -0.39 is 0 Å². The minimum Gasteiger partial charge on any atom is -0.317 e. The van der Waals surface area contributed by atoms with Crippen molar-refractivity contribution in [2.24, 2.45) is 4.99 Å². The molecule has 6 heteroatoms. The maximum absolute atomic E-state index is 12.3. The Kier molecular flexibility index (Phi) is 6.39. The maximum Gasteiger partial charge on any atom is 0.258 e. The second-order valence-corrected chi connectivity index (χ2v) is 8.32. The van der Waals surface area contributed by atoms with Gasteiger partial charge in [-0.2, -0.15) is 4.99 Å². The van der Waals surface area contributed by atoms with Gasteiger partial charge in [0.2, 0.25) is 0 Å². The van der Waals surface area contributed by atoms with Crippen molar-refractivity contribution in [2.75, 3.05) is 12.0 Å². The SMILES string of the molecule is CCn1c(=NC(=O)CSCc2ccccc2)sc2cc(SC)ccc21. The summed E-state index contributed by atoms with van der Waals surface area (Å²) < 4.78 is 3.29. The number of aryl methyl sites for hydroxylation is 1. The summed E-state index contributed by atoms with van der Waals surface area (Å²) in [5.41, 5.74) is 2.38. The topological polar surface area (TPSA) is 34.4 Å². The van der Waals surface area contributed by atoms with E-state index >= 15 is 0 Å². The van der Waals surface area contributed by atoms with Crippen molar-refractivity contribution in [3.8, 4) is 0 Å². The molecule has 3 nitrogen and oxygen atoms in total. The quantitative estimate of drug-likeness (QED) is 0.569. The van der Waals surface area contributed by atoms with Gasteiger partial charge >= 0.3 is 0 Å². The van der Waals surface area contributed by atoms with Gasteiger partial charge in [-0.1, -0.05) is 41.7 Å². The lowest BCUT2D eigenvalue weighted by atomic mass is 10.2. The molecule has 0 bridgehead atoms. The molecule has 0 fully saturated rings. The molecule has 0 aliphatic heterocycles. The molecular formula is C19H20N2OS3. The number of rotatable bonds is 6. The van der Waals surface area contributed by atoms with Crippen LogP contribution in [0.3, 0.4) is 0 Å². The number of hydrogen-bond donors (Lipinski definition) is 0. The van der Waals surface area contributed by atoms with Gasteiger partial charge in [-0.15, -0.1) is 23.5 Å². The molecule has 3 rings (SSSR count). The molecule has 0 aliphatic carbocycles. The molecule has 0 unspecified atom stereocenters. The van der Waals surface area contributed by atoms with E-state index in [0.717, 1.165) is 22.6 Å². The third kappa shape index (κ3) is 4.57. The number of nitrogens with zero attached hydrogens (tertiary/aromatic N) is 2. The highest BCUT2D eigenvalue weighted by molar-refractivity contribution is 7.99. The lowest BCUT2D eigenvalue weighted by Crippen LogP contribution is -2.16. The summed E-state index contributed by atoms with van der Waals surface area (Å²) in [6.45, 7) is 2.89. The minimum absolute atomic E-state index is 0.0697. The van der Waals surface area contributed by atoms with Gasteiger partial charge in [-0.3, -0.25) is 4.79 Å². The molecule has 0 atom stereocenters. The number of carbonyl (C=O) groups is 1. The van der Waals surface area contributed by atoms with Crippen LogP contribution < -0.4 is 4.80 Å². The summed E-state index contributed by atoms with van der Waals surface area (Å²) in [4.78, 5) is 18.7. The summed E-state index contributed by atoms with van der Waals surface area (Å²) in [6, 6.07) is 16.6. The summed E-state index contributed by atoms with van der Waals surface area (Å²) >= 11 is 4.92. The summed E-state index contributed by atoms with van der Waals surface area (Å²) in [5.74, 6) is 1.17. The number of benzene rings is 2. The molecule has 25 heavy (non-hydrogen) atoms. The fourth-order valence-electron chi connectivity index (χ4n) is 2.54. The first-order valence-corrected chi connectivity index (χ1v) is 11.3. The summed E-state index contributed by atoms with van der Waals surface area (Å²) in [6.07, 6.45) is 2.07. The van der Waals surface area contributed by atoms with Crippen LogP contribution >= 0.6 is 34.9 Å². The molecule has 0 radical (unpaired) electrons. The molecule has 1 heterocycles. The van der Waals surface area contributed by atoms with Gasteiger partial charge in [0.05, 0.1) is 16.0 Å². The Morgan fingerprint density at radius 1 is 1.20 bits per heavy atom. The fourth-order valence-corrected chi connectivity index (χ4v) is 4.98. The first-order chi connectivity index (χ1) is 12.2. The van der Waals surface area contributed by atoms with Gasteiger partial charge in [0.25, 0.3) is 5.91 Å². The fraction of sp³-hybridized carbons (Fsp3) is 0.263. The number of amides is 1. The molecule has 0 saturated carbocycles. The number of carbonyl (C=O) groups excluding carboxylic acids is 1. The van der Waals surface area contributed by atoms with Crippen molar-refractivity contribution in [3.05, 3.63) is 58.9 Å². The normalized spacial score (nSPS) is 12.0. The van der Waals surface area contributed by atoms with Gasteiger partial charge in [0, 0.05) is 17.2 Å². The second kappa shape index (κ2) is 8.74. The van der Waals surface area contributed by atoms with Crippen LogP contribution in [0.15, 0.2) is 58.4 Å². The maximum atomic E-state index is 12.3. The lowest BCUT2D eigenvalue weighted by Gasteiger charge is -2.01. The van der Waals surface area contributed by atoms with Gasteiger partial charge in [0.15, 0.2) is 4.80 Å². The number of hydrogen-bond acceptors (Lipinski definition) is 4. The minimum atomic E-state index is -0.0697. The molecule has 0 saturated heterocycles. The van der Waals surface area contributed by atoms with Crippen molar-refractivity contribution < 1.29 is 4.79 Å². The second-order valence-electron chi connectivity index (χ2n) is 5.45. The molecule has 1 amide bonds. The van der Waals surface area contributed by atoms with E-state index in [-0.39, 0.29) is 5.91 Å². The first kappa shape index (κ1) is 18.3.